The van der Waals surface area contributed by atoms with Gasteiger partial charge >= 0.3 is 0 Å². The molecule has 2 nitrogen and oxygen atoms in total. The zero-order valence-corrected chi connectivity index (χ0v) is 18.3. The lowest BCUT2D eigenvalue weighted by atomic mass is 10.1. The third-order valence-electron chi connectivity index (χ3n) is 5.71. The molecule has 0 atom stereocenters. The van der Waals surface area contributed by atoms with E-state index in [9.17, 15) is 0 Å². The summed E-state index contributed by atoms with van der Waals surface area (Å²) in [4.78, 5) is 0. The van der Waals surface area contributed by atoms with E-state index in [0.29, 0.717) is 0 Å². The molecule has 27 heavy (non-hydrogen) atoms. The fraction of sp³-hybridized carbons (Fsp3) is 0.760. The van der Waals surface area contributed by atoms with Crippen LogP contribution in [-0.2, 0) is 0 Å². The Labute approximate surface area is 171 Å². The zero-order valence-electron chi connectivity index (χ0n) is 18.3. The SMILES string of the molecule is C=CCCC[N+](CCCC=C)(CCCC=C)CCCCCCCCCCN. The summed E-state index contributed by atoms with van der Waals surface area (Å²) in [7, 11) is 0. The van der Waals surface area contributed by atoms with Crippen molar-refractivity contribution in [1.29, 1.82) is 0 Å². The molecule has 0 aromatic carbocycles. The number of hydrogen-bond donors (Lipinski definition) is 1. The van der Waals surface area contributed by atoms with E-state index in [-0.39, 0.29) is 0 Å². The van der Waals surface area contributed by atoms with E-state index in [1.54, 1.807) is 0 Å². The molecule has 0 unspecified atom stereocenters. The van der Waals surface area contributed by atoms with E-state index in [1.807, 2.05) is 0 Å². The van der Waals surface area contributed by atoms with Crippen LogP contribution in [0, 0.1) is 0 Å². The van der Waals surface area contributed by atoms with E-state index in [1.165, 1.54) is 101 Å². The third kappa shape index (κ3) is 15.9. The normalized spacial score (nSPS) is 11.4. The van der Waals surface area contributed by atoms with Crippen LogP contribution >= 0.6 is 0 Å². The number of nitrogens with zero attached hydrogens (tertiary/aromatic N) is 1. The number of unbranched alkanes of at least 4 members (excludes halogenated alkanes) is 10. The number of allylic oxidation sites excluding steroid dienone is 3. The molecule has 0 bridgehead atoms. The Balaban J connectivity index is 4.37. The fourth-order valence-electron chi connectivity index (χ4n) is 4.04. The summed E-state index contributed by atoms with van der Waals surface area (Å²) in [5, 5.41) is 0. The highest BCUT2D eigenvalue weighted by Crippen LogP contribution is 2.18. The second-order valence-corrected chi connectivity index (χ2v) is 8.15. The Bertz CT molecular complexity index is 312. The largest absolute Gasteiger partial charge is 0.330 e. The van der Waals surface area contributed by atoms with Crippen molar-refractivity contribution in [2.75, 3.05) is 32.7 Å². The molecule has 0 aliphatic rings. The first kappa shape index (κ1) is 26.1. The zero-order chi connectivity index (χ0) is 20.1. The molecule has 0 aliphatic heterocycles. The molecule has 0 fully saturated rings. The molecule has 0 saturated carbocycles. The highest BCUT2D eigenvalue weighted by Gasteiger charge is 2.25. The van der Waals surface area contributed by atoms with Crippen LogP contribution in [0.15, 0.2) is 38.0 Å². The smallest absolute Gasteiger partial charge is 0.0789 e. The number of nitrogens with two attached hydrogens (primary N) is 1. The summed E-state index contributed by atoms with van der Waals surface area (Å²) in [5.41, 5.74) is 5.56. The minimum absolute atomic E-state index is 0.851. The maximum atomic E-state index is 5.56. The second-order valence-electron chi connectivity index (χ2n) is 8.15. The predicted octanol–water partition coefficient (Wildman–Crippen LogP) is 6.78. The van der Waals surface area contributed by atoms with Gasteiger partial charge in [0.2, 0.25) is 0 Å². The summed E-state index contributed by atoms with van der Waals surface area (Å²) in [5.74, 6) is 0. The minimum Gasteiger partial charge on any atom is -0.330 e. The maximum absolute atomic E-state index is 5.56. The van der Waals surface area contributed by atoms with Crippen molar-refractivity contribution in [2.24, 2.45) is 5.73 Å². The van der Waals surface area contributed by atoms with Gasteiger partial charge in [0.1, 0.15) is 0 Å². The van der Waals surface area contributed by atoms with Crippen LogP contribution in [0.2, 0.25) is 0 Å². The van der Waals surface area contributed by atoms with Gasteiger partial charge < -0.3 is 10.2 Å². The van der Waals surface area contributed by atoms with Crippen molar-refractivity contribution in [2.45, 2.75) is 89.9 Å². The van der Waals surface area contributed by atoms with Crippen LogP contribution < -0.4 is 5.73 Å². The Morgan fingerprint density at radius 2 is 0.815 bits per heavy atom. The molecule has 2 N–H and O–H groups in total. The highest BCUT2D eigenvalue weighted by atomic mass is 15.3. The van der Waals surface area contributed by atoms with Crippen molar-refractivity contribution >= 4 is 0 Å². The molecule has 0 aromatic heterocycles. The summed E-state index contributed by atoms with van der Waals surface area (Å²) in [6, 6.07) is 0. The molecule has 0 aromatic rings. The maximum Gasteiger partial charge on any atom is 0.0789 e. The van der Waals surface area contributed by atoms with Gasteiger partial charge in [-0.3, -0.25) is 0 Å². The molecular formula is C25H49N2+. The van der Waals surface area contributed by atoms with Gasteiger partial charge in [0.05, 0.1) is 26.2 Å². The monoisotopic (exact) mass is 377 g/mol. The first-order chi connectivity index (χ1) is 13.2. The number of quaternary nitrogens is 1. The van der Waals surface area contributed by atoms with E-state index in [0.717, 1.165) is 25.8 Å². The van der Waals surface area contributed by atoms with Crippen LogP contribution in [0.4, 0.5) is 0 Å². The highest BCUT2D eigenvalue weighted by molar-refractivity contribution is 4.69. The van der Waals surface area contributed by atoms with Gasteiger partial charge in [-0.1, -0.05) is 50.3 Å². The molecule has 0 heterocycles. The second kappa shape index (κ2) is 19.9. The van der Waals surface area contributed by atoms with Gasteiger partial charge in [-0.05, 0) is 45.1 Å². The number of rotatable bonds is 22. The Morgan fingerprint density at radius 1 is 0.481 bits per heavy atom. The van der Waals surface area contributed by atoms with Gasteiger partial charge in [-0.25, -0.2) is 0 Å². The average molecular weight is 378 g/mol. The molecule has 0 aliphatic carbocycles. The first-order valence-corrected chi connectivity index (χ1v) is 11.6. The van der Waals surface area contributed by atoms with E-state index < -0.39 is 0 Å². The van der Waals surface area contributed by atoms with Crippen molar-refractivity contribution in [3.05, 3.63) is 38.0 Å². The molecule has 0 radical (unpaired) electrons. The lowest BCUT2D eigenvalue weighted by molar-refractivity contribution is -0.929. The fourth-order valence-corrected chi connectivity index (χ4v) is 4.04. The van der Waals surface area contributed by atoms with Crippen LogP contribution in [0.3, 0.4) is 0 Å². The van der Waals surface area contributed by atoms with Gasteiger partial charge in [0.15, 0.2) is 0 Å². The van der Waals surface area contributed by atoms with Gasteiger partial charge in [0.25, 0.3) is 0 Å². The van der Waals surface area contributed by atoms with E-state index in [4.69, 9.17) is 5.73 Å². The van der Waals surface area contributed by atoms with Crippen molar-refractivity contribution in [3.63, 3.8) is 0 Å². The van der Waals surface area contributed by atoms with Crippen LogP contribution in [0.25, 0.3) is 0 Å². The standard InChI is InChI=1S/C25H49N2/c1-4-7-17-22-27(23-18-8-5-2,24-19-9-6-3)25-20-15-13-11-10-12-14-16-21-26/h4-6H,1-3,7-26H2/q+1. The molecular weight excluding hydrogens is 328 g/mol. The average Bonchev–Trinajstić information content (AvgIpc) is 2.67. The summed E-state index contributed by atoms with van der Waals surface area (Å²) < 4.78 is 1.30. The van der Waals surface area contributed by atoms with Gasteiger partial charge in [-0.15, -0.1) is 19.7 Å². The van der Waals surface area contributed by atoms with Crippen molar-refractivity contribution in [3.8, 4) is 0 Å². The molecule has 158 valence electrons. The van der Waals surface area contributed by atoms with Crippen LogP contribution in [-0.4, -0.2) is 37.2 Å². The third-order valence-corrected chi connectivity index (χ3v) is 5.71. The summed E-state index contributed by atoms with van der Waals surface area (Å²) >= 11 is 0. The topological polar surface area (TPSA) is 26.0 Å². The molecule has 0 rings (SSSR count). The molecule has 2 heteroatoms. The van der Waals surface area contributed by atoms with Crippen molar-refractivity contribution < 1.29 is 4.48 Å². The molecule has 0 spiro atoms. The van der Waals surface area contributed by atoms with Crippen LogP contribution in [0.5, 0.6) is 0 Å². The minimum atomic E-state index is 0.851. The predicted molar refractivity (Wildman–Crippen MR) is 124 cm³/mol. The first-order valence-electron chi connectivity index (χ1n) is 11.6. The Kier molecular flexibility index (Phi) is 19.3. The quantitative estimate of drug-likeness (QED) is 0.126. The van der Waals surface area contributed by atoms with E-state index >= 15 is 0 Å². The van der Waals surface area contributed by atoms with E-state index in [2.05, 4.69) is 38.0 Å². The lowest BCUT2D eigenvalue weighted by Gasteiger charge is -2.39. The number of hydrogen-bond acceptors (Lipinski definition) is 1. The summed E-state index contributed by atoms with van der Waals surface area (Å²) in [6.07, 6.45) is 24.3. The van der Waals surface area contributed by atoms with Crippen LogP contribution in [0.1, 0.15) is 89.9 Å². The summed E-state index contributed by atoms with van der Waals surface area (Å²) in [6.45, 7) is 17.9. The lowest BCUT2D eigenvalue weighted by Crippen LogP contribution is -2.50. The molecule has 0 amide bonds. The Hall–Kier alpha value is -0.860. The molecule has 0 saturated heterocycles. The van der Waals surface area contributed by atoms with Gasteiger partial charge in [-0.2, -0.15) is 0 Å². The Morgan fingerprint density at radius 3 is 1.19 bits per heavy atom. The van der Waals surface area contributed by atoms with Gasteiger partial charge in [0, 0.05) is 19.3 Å². The van der Waals surface area contributed by atoms with Crippen molar-refractivity contribution in [1.82, 2.24) is 0 Å².